The SMILES string of the molecule is COc1ccc(Br)c(NCCNC(C)(C)C)c1. The summed E-state index contributed by atoms with van der Waals surface area (Å²) < 4.78 is 6.24. The molecule has 0 saturated heterocycles. The number of halogens is 1. The maximum atomic E-state index is 5.19. The maximum absolute atomic E-state index is 5.19. The van der Waals surface area contributed by atoms with Crippen molar-refractivity contribution < 1.29 is 4.74 Å². The minimum Gasteiger partial charge on any atom is -0.497 e. The fourth-order valence-electron chi connectivity index (χ4n) is 1.40. The molecule has 4 heteroatoms. The van der Waals surface area contributed by atoms with Gasteiger partial charge in [0.25, 0.3) is 0 Å². The van der Waals surface area contributed by atoms with Crippen molar-refractivity contribution in [2.24, 2.45) is 0 Å². The van der Waals surface area contributed by atoms with E-state index in [1.807, 2.05) is 18.2 Å². The number of methoxy groups -OCH3 is 1. The van der Waals surface area contributed by atoms with Gasteiger partial charge in [-0.05, 0) is 48.8 Å². The van der Waals surface area contributed by atoms with Crippen LogP contribution in [0.25, 0.3) is 0 Å². The molecule has 0 saturated carbocycles. The van der Waals surface area contributed by atoms with E-state index in [4.69, 9.17) is 4.74 Å². The van der Waals surface area contributed by atoms with Gasteiger partial charge in [0.15, 0.2) is 0 Å². The Morgan fingerprint density at radius 3 is 2.53 bits per heavy atom. The van der Waals surface area contributed by atoms with Crippen LogP contribution in [-0.4, -0.2) is 25.7 Å². The Balaban J connectivity index is 2.46. The fourth-order valence-corrected chi connectivity index (χ4v) is 1.79. The largest absolute Gasteiger partial charge is 0.497 e. The zero-order chi connectivity index (χ0) is 12.9. The summed E-state index contributed by atoms with van der Waals surface area (Å²) in [7, 11) is 1.67. The molecule has 3 nitrogen and oxygen atoms in total. The molecule has 0 aliphatic rings. The molecule has 0 unspecified atom stereocenters. The molecule has 0 aliphatic carbocycles. The smallest absolute Gasteiger partial charge is 0.121 e. The van der Waals surface area contributed by atoms with Crippen LogP contribution in [-0.2, 0) is 0 Å². The minimum absolute atomic E-state index is 0.160. The number of anilines is 1. The number of rotatable bonds is 5. The lowest BCUT2D eigenvalue weighted by molar-refractivity contribution is 0.415. The van der Waals surface area contributed by atoms with Gasteiger partial charge >= 0.3 is 0 Å². The molecular formula is C13H21BrN2O. The predicted octanol–water partition coefficient (Wildman–Crippen LogP) is 3.26. The Morgan fingerprint density at radius 2 is 1.94 bits per heavy atom. The van der Waals surface area contributed by atoms with Crippen LogP contribution < -0.4 is 15.4 Å². The summed E-state index contributed by atoms with van der Waals surface area (Å²) in [6.45, 7) is 8.29. The lowest BCUT2D eigenvalue weighted by Crippen LogP contribution is -2.38. The van der Waals surface area contributed by atoms with Crippen molar-refractivity contribution in [2.75, 3.05) is 25.5 Å². The van der Waals surface area contributed by atoms with Gasteiger partial charge in [0.1, 0.15) is 5.75 Å². The lowest BCUT2D eigenvalue weighted by Gasteiger charge is -2.21. The topological polar surface area (TPSA) is 33.3 Å². The molecule has 2 N–H and O–H groups in total. The molecule has 0 aromatic heterocycles. The van der Waals surface area contributed by atoms with Crippen molar-refractivity contribution >= 4 is 21.6 Å². The van der Waals surface area contributed by atoms with Crippen LogP contribution in [0.4, 0.5) is 5.69 Å². The van der Waals surface area contributed by atoms with Crippen molar-refractivity contribution in [3.05, 3.63) is 22.7 Å². The third-order valence-electron chi connectivity index (χ3n) is 2.27. The van der Waals surface area contributed by atoms with Crippen LogP contribution in [0.3, 0.4) is 0 Å². The van der Waals surface area contributed by atoms with Gasteiger partial charge in [0.2, 0.25) is 0 Å². The summed E-state index contributed by atoms with van der Waals surface area (Å²) in [6.07, 6.45) is 0. The van der Waals surface area contributed by atoms with E-state index < -0.39 is 0 Å². The second-order valence-electron chi connectivity index (χ2n) is 4.95. The highest BCUT2D eigenvalue weighted by Gasteiger charge is 2.07. The van der Waals surface area contributed by atoms with Crippen molar-refractivity contribution in [1.29, 1.82) is 0 Å². The Kier molecular flexibility index (Phi) is 5.28. The van der Waals surface area contributed by atoms with Crippen molar-refractivity contribution in [3.8, 4) is 5.75 Å². The van der Waals surface area contributed by atoms with Gasteiger partial charge in [-0.2, -0.15) is 0 Å². The zero-order valence-electron chi connectivity index (χ0n) is 10.9. The number of nitrogens with one attached hydrogen (secondary N) is 2. The fraction of sp³-hybridized carbons (Fsp3) is 0.538. The minimum atomic E-state index is 0.160. The summed E-state index contributed by atoms with van der Waals surface area (Å²) in [5.41, 5.74) is 1.22. The highest BCUT2D eigenvalue weighted by molar-refractivity contribution is 9.10. The van der Waals surface area contributed by atoms with Crippen LogP contribution in [0, 0.1) is 0 Å². The van der Waals surface area contributed by atoms with Gasteiger partial charge < -0.3 is 15.4 Å². The summed E-state index contributed by atoms with van der Waals surface area (Å²) >= 11 is 3.51. The van der Waals surface area contributed by atoms with E-state index in [-0.39, 0.29) is 5.54 Å². The van der Waals surface area contributed by atoms with Gasteiger partial charge in [-0.1, -0.05) is 0 Å². The molecule has 1 rings (SSSR count). The number of hydrogen-bond acceptors (Lipinski definition) is 3. The van der Waals surface area contributed by atoms with Crippen LogP contribution >= 0.6 is 15.9 Å². The monoisotopic (exact) mass is 300 g/mol. The molecule has 17 heavy (non-hydrogen) atoms. The molecule has 0 bridgehead atoms. The Morgan fingerprint density at radius 1 is 1.24 bits per heavy atom. The van der Waals surface area contributed by atoms with Gasteiger partial charge in [-0.25, -0.2) is 0 Å². The van der Waals surface area contributed by atoms with Crippen molar-refractivity contribution in [1.82, 2.24) is 5.32 Å². The predicted molar refractivity (Wildman–Crippen MR) is 76.9 cm³/mol. The van der Waals surface area contributed by atoms with E-state index in [2.05, 4.69) is 47.3 Å². The molecule has 1 aromatic carbocycles. The second kappa shape index (κ2) is 6.26. The molecule has 0 atom stereocenters. The highest BCUT2D eigenvalue weighted by atomic mass is 79.9. The van der Waals surface area contributed by atoms with Crippen LogP contribution in [0.5, 0.6) is 5.75 Å². The van der Waals surface area contributed by atoms with E-state index in [0.29, 0.717) is 0 Å². The van der Waals surface area contributed by atoms with Crippen molar-refractivity contribution in [2.45, 2.75) is 26.3 Å². The maximum Gasteiger partial charge on any atom is 0.121 e. The molecule has 0 aliphatic heterocycles. The van der Waals surface area contributed by atoms with E-state index in [1.165, 1.54) is 0 Å². The number of ether oxygens (including phenoxy) is 1. The highest BCUT2D eigenvalue weighted by Crippen LogP contribution is 2.26. The summed E-state index contributed by atoms with van der Waals surface area (Å²) in [5, 5.41) is 6.80. The Labute approximate surface area is 112 Å². The first-order valence-corrected chi connectivity index (χ1v) is 6.54. The standard InChI is InChI=1S/C13H21BrN2O/c1-13(2,3)16-8-7-15-12-9-10(17-4)5-6-11(12)14/h5-6,9,15-16H,7-8H2,1-4H3. The normalized spacial score (nSPS) is 11.4. The summed E-state index contributed by atoms with van der Waals surface area (Å²) in [5.74, 6) is 0.861. The first kappa shape index (κ1) is 14.3. The molecular weight excluding hydrogens is 280 g/mol. The van der Waals surface area contributed by atoms with Gasteiger partial charge in [0.05, 0.1) is 12.8 Å². The van der Waals surface area contributed by atoms with Crippen LogP contribution in [0.1, 0.15) is 20.8 Å². The van der Waals surface area contributed by atoms with E-state index in [0.717, 1.165) is 29.0 Å². The van der Waals surface area contributed by atoms with E-state index >= 15 is 0 Å². The Bertz CT molecular complexity index is 361. The summed E-state index contributed by atoms with van der Waals surface area (Å²) in [4.78, 5) is 0. The second-order valence-corrected chi connectivity index (χ2v) is 5.80. The molecule has 0 amide bonds. The molecule has 0 spiro atoms. The van der Waals surface area contributed by atoms with Crippen molar-refractivity contribution in [3.63, 3.8) is 0 Å². The van der Waals surface area contributed by atoms with Gasteiger partial charge in [-0.15, -0.1) is 0 Å². The quantitative estimate of drug-likeness (QED) is 0.819. The van der Waals surface area contributed by atoms with E-state index in [9.17, 15) is 0 Å². The average Bonchev–Trinajstić information content (AvgIpc) is 2.25. The first-order valence-electron chi connectivity index (χ1n) is 5.75. The first-order chi connectivity index (χ1) is 7.92. The summed E-state index contributed by atoms with van der Waals surface area (Å²) in [6, 6.07) is 5.90. The molecule has 0 fully saturated rings. The van der Waals surface area contributed by atoms with Gasteiger partial charge in [-0.3, -0.25) is 0 Å². The number of hydrogen-bond donors (Lipinski definition) is 2. The molecule has 96 valence electrons. The molecule has 0 radical (unpaired) electrons. The van der Waals surface area contributed by atoms with E-state index in [1.54, 1.807) is 7.11 Å². The Hall–Kier alpha value is -0.740. The van der Waals surface area contributed by atoms with Crippen LogP contribution in [0.2, 0.25) is 0 Å². The number of benzene rings is 1. The zero-order valence-corrected chi connectivity index (χ0v) is 12.5. The van der Waals surface area contributed by atoms with Gasteiger partial charge in [0, 0.05) is 29.2 Å². The average molecular weight is 301 g/mol. The third kappa shape index (κ3) is 5.41. The molecule has 1 aromatic rings. The molecule has 0 heterocycles. The lowest BCUT2D eigenvalue weighted by atomic mass is 10.1. The van der Waals surface area contributed by atoms with Crippen LogP contribution in [0.15, 0.2) is 22.7 Å². The third-order valence-corrected chi connectivity index (χ3v) is 2.96.